The quantitative estimate of drug-likeness (QED) is 0.410. The van der Waals surface area contributed by atoms with Gasteiger partial charge in [-0.2, -0.15) is 0 Å². The Morgan fingerprint density at radius 3 is 2.22 bits per heavy atom. The number of ether oxygens (including phenoxy) is 3. The molecule has 6 saturated carbocycles. The lowest BCUT2D eigenvalue weighted by atomic mass is 9.50. The number of carbonyl (C=O) groups excluding carboxylic acids is 3. The van der Waals surface area contributed by atoms with Gasteiger partial charge < -0.3 is 14.2 Å². The molecule has 0 spiro atoms. The highest BCUT2D eigenvalue weighted by atomic mass is 16.6. The van der Waals surface area contributed by atoms with Crippen molar-refractivity contribution in [3.05, 3.63) is 0 Å². The predicted molar refractivity (Wildman–Crippen MR) is 130 cm³/mol. The van der Waals surface area contributed by atoms with Gasteiger partial charge in [0, 0.05) is 6.61 Å². The summed E-state index contributed by atoms with van der Waals surface area (Å²) in [5.74, 6) is 1.97. The van der Waals surface area contributed by atoms with E-state index in [0.717, 1.165) is 37.5 Å². The molecule has 8 rings (SSSR count). The highest BCUT2D eigenvalue weighted by Crippen LogP contribution is 2.62. The zero-order valence-electron chi connectivity index (χ0n) is 22.0. The van der Waals surface area contributed by atoms with Crippen LogP contribution < -0.4 is 0 Å². The van der Waals surface area contributed by atoms with E-state index in [9.17, 15) is 14.4 Å². The second-order valence-electron chi connectivity index (χ2n) is 14.1. The summed E-state index contributed by atoms with van der Waals surface area (Å²) < 4.78 is 17.8. The van der Waals surface area contributed by atoms with Crippen molar-refractivity contribution in [3.63, 3.8) is 0 Å². The lowest BCUT2D eigenvalue weighted by molar-refractivity contribution is -0.209. The van der Waals surface area contributed by atoms with Crippen LogP contribution in [-0.4, -0.2) is 36.2 Å². The van der Waals surface area contributed by atoms with Gasteiger partial charge in [0.25, 0.3) is 0 Å². The summed E-state index contributed by atoms with van der Waals surface area (Å²) in [4.78, 5) is 39.6. The molecule has 2 aliphatic heterocycles. The molecule has 0 aromatic carbocycles. The first-order valence-electron chi connectivity index (χ1n) is 14.8. The van der Waals surface area contributed by atoms with Gasteiger partial charge in [-0.05, 0) is 118 Å². The van der Waals surface area contributed by atoms with Crippen molar-refractivity contribution in [1.82, 2.24) is 0 Å². The van der Waals surface area contributed by atoms with Gasteiger partial charge in [0.15, 0.2) is 0 Å². The van der Waals surface area contributed by atoms with E-state index in [4.69, 9.17) is 14.2 Å². The summed E-state index contributed by atoms with van der Waals surface area (Å²) in [5, 5.41) is 0. The molecule has 2 saturated heterocycles. The Morgan fingerprint density at radius 1 is 0.917 bits per heavy atom. The predicted octanol–water partition coefficient (Wildman–Crippen LogP) is 4.78. The third-order valence-electron chi connectivity index (χ3n) is 12.4. The van der Waals surface area contributed by atoms with Gasteiger partial charge in [-0.1, -0.05) is 13.8 Å². The summed E-state index contributed by atoms with van der Waals surface area (Å²) in [6.07, 6.45) is 9.80. The highest BCUT2D eigenvalue weighted by molar-refractivity contribution is 5.97. The largest absolute Gasteiger partial charge is 0.459 e. The minimum Gasteiger partial charge on any atom is -0.459 e. The van der Waals surface area contributed by atoms with E-state index in [0.29, 0.717) is 18.4 Å². The maximum absolute atomic E-state index is 13.7. The number of rotatable bonds is 4. The molecule has 36 heavy (non-hydrogen) atoms. The van der Waals surface area contributed by atoms with Crippen molar-refractivity contribution in [2.45, 2.75) is 90.3 Å². The van der Waals surface area contributed by atoms with Crippen LogP contribution in [-0.2, 0) is 28.6 Å². The number of cyclic esters (lactones) is 2. The number of fused-ring (bicyclic) bond motifs is 2. The molecule has 198 valence electrons. The minimum absolute atomic E-state index is 0.00799. The topological polar surface area (TPSA) is 78.9 Å². The van der Waals surface area contributed by atoms with Crippen molar-refractivity contribution >= 4 is 17.9 Å². The smallest absolute Gasteiger partial charge is 0.320 e. The first kappa shape index (κ1) is 23.7. The molecule has 6 bridgehead atoms. The van der Waals surface area contributed by atoms with Crippen LogP contribution in [0.15, 0.2) is 0 Å². The fourth-order valence-electron chi connectivity index (χ4n) is 10.9. The van der Waals surface area contributed by atoms with E-state index in [-0.39, 0.29) is 59.2 Å². The maximum Gasteiger partial charge on any atom is 0.320 e. The summed E-state index contributed by atoms with van der Waals surface area (Å²) in [7, 11) is 0. The van der Waals surface area contributed by atoms with Gasteiger partial charge in [-0.3, -0.25) is 14.4 Å². The molecule has 0 amide bonds. The summed E-state index contributed by atoms with van der Waals surface area (Å²) >= 11 is 0. The summed E-state index contributed by atoms with van der Waals surface area (Å²) in [6, 6.07) is 0. The monoisotopic (exact) mass is 498 g/mol. The molecule has 0 radical (unpaired) electrons. The molecule has 8 fully saturated rings. The molecule has 0 N–H and O–H groups in total. The van der Waals surface area contributed by atoms with Crippen LogP contribution in [0.4, 0.5) is 0 Å². The molecular weight excluding hydrogens is 456 g/mol. The van der Waals surface area contributed by atoms with E-state index in [1.807, 2.05) is 0 Å². The van der Waals surface area contributed by atoms with Crippen LogP contribution >= 0.6 is 0 Å². The average Bonchev–Trinajstić information content (AvgIpc) is 3.48. The molecule has 6 heteroatoms. The lowest BCUT2D eigenvalue weighted by Gasteiger charge is -2.59. The van der Waals surface area contributed by atoms with E-state index in [1.54, 1.807) is 0 Å². The fourth-order valence-corrected chi connectivity index (χ4v) is 10.9. The van der Waals surface area contributed by atoms with Crippen molar-refractivity contribution in [2.24, 2.45) is 71.0 Å². The van der Waals surface area contributed by atoms with E-state index in [2.05, 4.69) is 20.8 Å². The number of esters is 3. The normalized spacial score (nSPS) is 55.2. The van der Waals surface area contributed by atoms with Gasteiger partial charge in [-0.25, -0.2) is 0 Å². The Labute approximate surface area is 214 Å². The molecule has 9 atom stereocenters. The lowest BCUT2D eigenvalue weighted by Crippen LogP contribution is -2.58. The first-order chi connectivity index (χ1) is 17.2. The molecule has 6 nitrogen and oxygen atoms in total. The molecular formula is C30H42O6. The van der Waals surface area contributed by atoms with Gasteiger partial charge >= 0.3 is 17.9 Å². The highest BCUT2D eigenvalue weighted by Gasteiger charge is 2.64. The second kappa shape index (κ2) is 8.28. The third kappa shape index (κ3) is 3.34. The molecule has 0 aromatic heterocycles. The van der Waals surface area contributed by atoms with E-state index in [1.165, 1.54) is 32.1 Å². The molecule has 8 aliphatic rings. The Kier molecular flexibility index (Phi) is 5.45. The SMILES string of the molecule is CC1CCCOC1C1C(=O)OC(=O)C1C1C2CC(C(=O)OC3(C)C4CC5CC(C4)CC3C5)C(C2)C1C. The van der Waals surface area contributed by atoms with Gasteiger partial charge in [0.1, 0.15) is 5.60 Å². The number of hydrogen-bond donors (Lipinski definition) is 0. The summed E-state index contributed by atoms with van der Waals surface area (Å²) in [6.45, 7) is 7.19. The maximum atomic E-state index is 13.7. The van der Waals surface area contributed by atoms with E-state index >= 15 is 0 Å². The van der Waals surface area contributed by atoms with E-state index < -0.39 is 17.8 Å². The molecule has 2 heterocycles. The van der Waals surface area contributed by atoms with Crippen LogP contribution in [0.3, 0.4) is 0 Å². The number of hydrogen-bond acceptors (Lipinski definition) is 6. The van der Waals surface area contributed by atoms with Crippen LogP contribution in [0, 0.1) is 71.0 Å². The van der Waals surface area contributed by atoms with Crippen molar-refractivity contribution in [2.75, 3.05) is 6.61 Å². The summed E-state index contributed by atoms with van der Waals surface area (Å²) in [5.41, 5.74) is -0.295. The van der Waals surface area contributed by atoms with Gasteiger partial charge in [0.2, 0.25) is 0 Å². The Balaban J connectivity index is 1.07. The molecule has 6 aliphatic carbocycles. The van der Waals surface area contributed by atoms with Gasteiger partial charge in [-0.15, -0.1) is 0 Å². The standard InChI is InChI=1S/C30H42O6/c1-14-5-4-6-34-26(14)25-24(28(32)35-29(25)33)23-15(2)21-12-18(23)13-22(21)27(31)36-30(3)19-8-16-7-17(10-19)11-20(30)9-16/h14-26H,4-13H2,1-3H3. The average molecular weight is 499 g/mol. The van der Waals surface area contributed by atoms with Gasteiger partial charge in [0.05, 0.1) is 23.9 Å². The Hall–Kier alpha value is -1.43. The van der Waals surface area contributed by atoms with Crippen molar-refractivity contribution in [3.8, 4) is 0 Å². The zero-order chi connectivity index (χ0) is 24.9. The third-order valence-corrected chi connectivity index (χ3v) is 12.4. The minimum atomic E-state index is -0.503. The number of carbonyl (C=O) groups is 3. The van der Waals surface area contributed by atoms with Crippen molar-refractivity contribution < 1.29 is 28.6 Å². The Bertz CT molecular complexity index is 927. The Morgan fingerprint density at radius 2 is 1.58 bits per heavy atom. The van der Waals surface area contributed by atoms with Crippen LogP contribution in [0.2, 0.25) is 0 Å². The first-order valence-corrected chi connectivity index (χ1v) is 14.8. The second-order valence-corrected chi connectivity index (χ2v) is 14.1. The van der Waals surface area contributed by atoms with Crippen LogP contribution in [0.1, 0.15) is 78.6 Å². The van der Waals surface area contributed by atoms with Crippen LogP contribution in [0.5, 0.6) is 0 Å². The fraction of sp³-hybridized carbons (Fsp3) is 0.900. The molecule has 0 aromatic rings. The molecule has 9 unspecified atom stereocenters. The zero-order valence-corrected chi connectivity index (χ0v) is 22.0. The van der Waals surface area contributed by atoms with Crippen molar-refractivity contribution in [1.29, 1.82) is 0 Å². The van der Waals surface area contributed by atoms with Crippen LogP contribution in [0.25, 0.3) is 0 Å².